The number of carbonyl (C=O) groups is 1. The smallest absolute Gasteiger partial charge is 0.375 e. The molecule has 2 aromatic rings. The third-order valence-corrected chi connectivity index (χ3v) is 2.31. The molecule has 0 bridgehead atoms. The Kier molecular flexibility index (Phi) is 3.04. The van der Waals surface area contributed by atoms with Gasteiger partial charge in [0.15, 0.2) is 5.75 Å². The molecule has 0 saturated heterocycles. The maximum Gasteiger partial charge on any atom is 0.375 e. The summed E-state index contributed by atoms with van der Waals surface area (Å²) in [4.78, 5) is 11.1. The first-order valence-corrected chi connectivity index (χ1v) is 5.47. The van der Waals surface area contributed by atoms with Gasteiger partial charge in [0.1, 0.15) is 5.58 Å². The molecule has 17 heavy (non-hydrogen) atoms. The standard InChI is InChI=1S/C13H14O4/c1-8(2)7-16-11-9-5-3-4-6-10(9)17-12(11)13(14)15/h3-6,8H,7H2,1-2H3,(H,14,15). The number of furan rings is 1. The molecule has 4 nitrogen and oxygen atoms in total. The molecule has 2 rings (SSSR count). The van der Waals surface area contributed by atoms with Crippen LogP contribution in [-0.2, 0) is 0 Å². The Balaban J connectivity index is 2.48. The van der Waals surface area contributed by atoms with Gasteiger partial charge in [-0.3, -0.25) is 0 Å². The Morgan fingerprint density at radius 2 is 2.12 bits per heavy atom. The van der Waals surface area contributed by atoms with Gasteiger partial charge >= 0.3 is 5.97 Å². The average Bonchev–Trinajstić information content (AvgIpc) is 2.65. The largest absolute Gasteiger partial charge is 0.488 e. The summed E-state index contributed by atoms with van der Waals surface area (Å²) >= 11 is 0. The normalized spacial score (nSPS) is 11.0. The first-order chi connectivity index (χ1) is 8.09. The summed E-state index contributed by atoms with van der Waals surface area (Å²) in [7, 11) is 0. The third kappa shape index (κ3) is 2.25. The fourth-order valence-corrected chi connectivity index (χ4v) is 1.56. The van der Waals surface area contributed by atoms with Gasteiger partial charge in [-0.15, -0.1) is 0 Å². The monoisotopic (exact) mass is 234 g/mol. The van der Waals surface area contributed by atoms with Crippen LogP contribution in [0.3, 0.4) is 0 Å². The minimum atomic E-state index is -1.11. The maximum absolute atomic E-state index is 11.1. The quantitative estimate of drug-likeness (QED) is 0.882. The van der Waals surface area contributed by atoms with Crippen LogP contribution < -0.4 is 4.74 Å². The number of benzene rings is 1. The molecule has 1 N–H and O–H groups in total. The zero-order valence-corrected chi connectivity index (χ0v) is 9.77. The first-order valence-electron chi connectivity index (χ1n) is 5.47. The lowest BCUT2D eigenvalue weighted by atomic mass is 10.2. The summed E-state index contributed by atoms with van der Waals surface area (Å²) in [6.45, 7) is 4.47. The molecule has 0 fully saturated rings. The molecular formula is C13H14O4. The Hall–Kier alpha value is -1.97. The van der Waals surface area contributed by atoms with Crippen LogP contribution in [0.25, 0.3) is 11.0 Å². The number of hydrogen-bond acceptors (Lipinski definition) is 3. The summed E-state index contributed by atoms with van der Waals surface area (Å²) in [5, 5.41) is 9.76. The molecule has 1 heterocycles. The van der Waals surface area contributed by atoms with Gasteiger partial charge in [-0.2, -0.15) is 0 Å². The van der Waals surface area contributed by atoms with E-state index in [9.17, 15) is 4.79 Å². The summed E-state index contributed by atoms with van der Waals surface area (Å²) in [6, 6.07) is 7.14. The van der Waals surface area contributed by atoms with E-state index < -0.39 is 5.97 Å². The maximum atomic E-state index is 11.1. The summed E-state index contributed by atoms with van der Waals surface area (Å²) in [5.74, 6) is -0.598. The zero-order valence-electron chi connectivity index (χ0n) is 9.77. The van der Waals surface area contributed by atoms with Crippen LogP contribution in [0.15, 0.2) is 28.7 Å². The Bertz CT molecular complexity index is 539. The molecule has 0 amide bonds. The van der Waals surface area contributed by atoms with E-state index in [2.05, 4.69) is 0 Å². The average molecular weight is 234 g/mol. The summed E-state index contributed by atoms with van der Waals surface area (Å²) in [5.41, 5.74) is 0.531. The van der Waals surface area contributed by atoms with Crippen molar-refractivity contribution in [2.45, 2.75) is 13.8 Å². The topological polar surface area (TPSA) is 59.7 Å². The van der Waals surface area contributed by atoms with Crippen molar-refractivity contribution in [1.29, 1.82) is 0 Å². The lowest BCUT2D eigenvalue weighted by Gasteiger charge is -2.07. The highest BCUT2D eigenvalue weighted by atomic mass is 16.5. The fourth-order valence-electron chi connectivity index (χ4n) is 1.56. The van der Waals surface area contributed by atoms with E-state index >= 15 is 0 Å². The van der Waals surface area contributed by atoms with Crippen LogP contribution >= 0.6 is 0 Å². The minimum Gasteiger partial charge on any atom is -0.488 e. The predicted molar refractivity (Wildman–Crippen MR) is 63.5 cm³/mol. The van der Waals surface area contributed by atoms with Crippen molar-refractivity contribution in [2.24, 2.45) is 5.92 Å². The van der Waals surface area contributed by atoms with Crippen LogP contribution in [0.2, 0.25) is 0 Å². The molecular weight excluding hydrogens is 220 g/mol. The van der Waals surface area contributed by atoms with Crippen molar-refractivity contribution < 1.29 is 19.1 Å². The van der Waals surface area contributed by atoms with Gasteiger partial charge in [-0.1, -0.05) is 26.0 Å². The van der Waals surface area contributed by atoms with E-state index in [4.69, 9.17) is 14.3 Å². The van der Waals surface area contributed by atoms with Crippen molar-refractivity contribution >= 4 is 16.9 Å². The van der Waals surface area contributed by atoms with Crippen LogP contribution in [0.4, 0.5) is 0 Å². The lowest BCUT2D eigenvalue weighted by Crippen LogP contribution is -2.07. The predicted octanol–water partition coefficient (Wildman–Crippen LogP) is 3.17. The number of ether oxygens (including phenoxy) is 1. The summed E-state index contributed by atoms with van der Waals surface area (Å²) in [6.07, 6.45) is 0. The van der Waals surface area contributed by atoms with E-state index in [1.807, 2.05) is 19.9 Å². The Labute approximate surface area is 98.8 Å². The lowest BCUT2D eigenvalue weighted by molar-refractivity contribution is 0.0657. The van der Waals surface area contributed by atoms with E-state index in [1.54, 1.807) is 18.2 Å². The van der Waals surface area contributed by atoms with Crippen molar-refractivity contribution in [3.05, 3.63) is 30.0 Å². The van der Waals surface area contributed by atoms with Crippen LogP contribution in [0.1, 0.15) is 24.4 Å². The van der Waals surface area contributed by atoms with Gasteiger partial charge in [0, 0.05) is 0 Å². The number of carboxylic acid groups (broad SMARTS) is 1. The van der Waals surface area contributed by atoms with Gasteiger partial charge in [-0.05, 0) is 18.1 Å². The molecule has 4 heteroatoms. The molecule has 0 radical (unpaired) electrons. The molecule has 0 atom stereocenters. The van der Waals surface area contributed by atoms with Crippen LogP contribution in [0.5, 0.6) is 5.75 Å². The SMILES string of the molecule is CC(C)COc1c(C(=O)O)oc2ccccc12. The Morgan fingerprint density at radius 1 is 1.41 bits per heavy atom. The van der Waals surface area contributed by atoms with E-state index in [0.717, 1.165) is 0 Å². The van der Waals surface area contributed by atoms with Crippen LogP contribution in [0, 0.1) is 5.92 Å². The second kappa shape index (κ2) is 4.49. The van der Waals surface area contributed by atoms with E-state index in [-0.39, 0.29) is 5.76 Å². The number of carboxylic acids is 1. The zero-order chi connectivity index (χ0) is 12.4. The highest BCUT2D eigenvalue weighted by molar-refractivity contribution is 5.97. The van der Waals surface area contributed by atoms with E-state index in [1.165, 1.54) is 0 Å². The van der Waals surface area contributed by atoms with Crippen molar-refractivity contribution in [3.8, 4) is 5.75 Å². The molecule has 90 valence electrons. The molecule has 1 aromatic heterocycles. The number of rotatable bonds is 4. The van der Waals surface area contributed by atoms with Gasteiger partial charge in [0.05, 0.1) is 12.0 Å². The Morgan fingerprint density at radius 3 is 2.76 bits per heavy atom. The highest BCUT2D eigenvalue weighted by Crippen LogP contribution is 2.33. The molecule has 0 aliphatic carbocycles. The third-order valence-electron chi connectivity index (χ3n) is 2.31. The molecule has 0 aliphatic heterocycles. The number of para-hydroxylation sites is 1. The van der Waals surface area contributed by atoms with Gasteiger partial charge in [-0.25, -0.2) is 4.79 Å². The molecule has 1 aromatic carbocycles. The van der Waals surface area contributed by atoms with Crippen LogP contribution in [-0.4, -0.2) is 17.7 Å². The van der Waals surface area contributed by atoms with Crippen molar-refractivity contribution in [1.82, 2.24) is 0 Å². The summed E-state index contributed by atoms with van der Waals surface area (Å²) < 4.78 is 10.8. The van der Waals surface area contributed by atoms with Gasteiger partial charge in [0.25, 0.3) is 5.76 Å². The molecule has 0 unspecified atom stereocenters. The van der Waals surface area contributed by atoms with Crippen molar-refractivity contribution in [2.75, 3.05) is 6.61 Å². The van der Waals surface area contributed by atoms with Gasteiger partial charge < -0.3 is 14.3 Å². The molecule has 0 saturated carbocycles. The van der Waals surface area contributed by atoms with Gasteiger partial charge in [0.2, 0.25) is 0 Å². The van der Waals surface area contributed by atoms with E-state index in [0.29, 0.717) is 29.2 Å². The number of aromatic carboxylic acids is 1. The second-order valence-corrected chi connectivity index (χ2v) is 4.27. The van der Waals surface area contributed by atoms with Crippen molar-refractivity contribution in [3.63, 3.8) is 0 Å². The second-order valence-electron chi connectivity index (χ2n) is 4.27. The molecule has 0 aliphatic rings. The number of fused-ring (bicyclic) bond motifs is 1. The first kappa shape index (κ1) is 11.5. The minimum absolute atomic E-state index is 0.133. The highest BCUT2D eigenvalue weighted by Gasteiger charge is 2.21. The molecule has 0 spiro atoms. The number of hydrogen-bond donors (Lipinski definition) is 1. The fraction of sp³-hybridized carbons (Fsp3) is 0.308.